The minimum atomic E-state index is 0.0765. The standard InChI is InChI=1S/C11H13N3O4/c1-16-8-18-10-3-2-9(7-15)6-11(10)17-5-4-13-14-12/h2-3,6-7H,4-5,8H2,1H3. The second kappa shape index (κ2) is 7.94. The summed E-state index contributed by atoms with van der Waals surface area (Å²) in [6.45, 7) is 0.481. The number of ether oxygens (including phenoxy) is 3. The van der Waals surface area contributed by atoms with Gasteiger partial charge >= 0.3 is 0 Å². The Hall–Kier alpha value is -2.24. The molecule has 0 aliphatic heterocycles. The van der Waals surface area contributed by atoms with Gasteiger partial charge in [0.25, 0.3) is 0 Å². The Bertz CT molecular complexity index is 444. The van der Waals surface area contributed by atoms with E-state index in [1.165, 1.54) is 7.11 Å². The molecular formula is C11H13N3O4. The number of hydrogen-bond acceptors (Lipinski definition) is 5. The zero-order valence-electron chi connectivity index (χ0n) is 9.91. The zero-order valence-corrected chi connectivity index (χ0v) is 9.91. The highest BCUT2D eigenvalue weighted by molar-refractivity contribution is 5.76. The van der Waals surface area contributed by atoms with Gasteiger partial charge in [-0.15, -0.1) is 0 Å². The van der Waals surface area contributed by atoms with Gasteiger partial charge in [-0.2, -0.15) is 0 Å². The van der Waals surface area contributed by atoms with Crippen molar-refractivity contribution in [2.45, 2.75) is 0 Å². The van der Waals surface area contributed by atoms with Gasteiger partial charge in [0.15, 0.2) is 18.3 Å². The largest absolute Gasteiger partial charge is 0.490 e. The number of hydrogen-bond donors (Lipinski definition) is 0. The third kappa shape index (κ3) is 4.32. The number of azide groups is 1. The van der Waals surface area contributed by atoms with Crippen LogP contribution in [0.25, 0.3) is 10.4 Å². The van der Waals surface area contributed by atoms with Crippen LogP contribution in [0.2, 0.25) is 0 Å². The summed E-state index contributed by atoms with van der Waals surface area (Å²) in [5, 5.41) is 3.34. The average Bonchev–Trinajstić information content (AvgIpc) is 2.42. The number of carbonyl (C=O) groups excluding carboxylic acids is 1. The SMILES string of the molecule is COCOc1ccc(C=O)cc1OCCN=[N+]=[N-]. The molecule has 0 aliphatic rings. The molecule has 1 rings (SSSR count). The highest BCUT2D eigenvalue weighted by Crippen LogP contribution is 2.27. The highest BCUT2D eigenvalue weighted by Gasteiger charge is 2.06. The van der Waals surface area contributed by atoms with Crippen molar-refractivity contribution < 1.29 is 19.0 Å². The molecule has 0 bridgehead atoms. The summed E-state index contributed by atoms with van der Waals surface area (Å²) >= 11 is 0. The van der Waals surface area contributed by atoms with Crippen LogP contribution in [0.5, 0.6) is 11.5 Å². The molecule has 0 heterocycles. The highest BCUT2D eigenvalue weighted by atomic mass is 16.7. The van der Waals surface area contributed by atoms with E-state index in [2.05, 4.69) is 10.0 Å². The number of nitrogens with zero attached hydrogens (tertiary/aromatic N) is 3. The molecule has 0 aromatic heterocycles. The van der Waals surface area contributed by atoms with E-state index >= 15 is 0 Å². The molecule has 18 heavy (non-hydrogen) atoms. The minimum absolute atomic E-state index is 0.0765. The third-order valence-corrected chi connectivity index (χ3v) is 1.95. The van der Waals surface area contributed by atoms with Crippen molar-refractivity contribution in [1.29, 1.82) is 0 Å². The van der Waals surface area contributed by atoms with Crippen LogP contribution < -0.4 is 9.47 Å². The Morgan fingerprint density at radius 2 is 2.22 bits per heavy atom. The van der Waals surface area contributed by atoms with E-state index in [0.717, 1.165) is 0 Å². The molecule has 1 aromatic carbocycles. The predicted molar refractivity (Wildman–Crippen MR) is 63.8 cm³/mol. The van der Waals surface area contributed by atoms with Crippen LogP contribution in [0, 0.1) is 0 Å². The molecule has 0 saturated carbocycles. The lowest BCUT2D eigenvalue weighted by molar-refractivity contribution is 0.0486. The van der Waals surface area contributed by atoms with E-state index in [1.54, 1.807) is 18.2 Å². The van der Waals surface area contributed by atoms with Crippen LogP contribution in [-0.4, -0.2) is 33.3 Å². The molecule has 7 nitrogen and oxygen atoms in total. The fourth-order valence-corrected chi connectivity index (χ4v) is 1.19. The minimum Gasteiger partial charge on any atom is -0.490 e. The topological polar surface area (TPSA) is 93.5 Å². The zero-order chi connectivity index (χ0) is 13.2. The van der Waals surface area contributed by atoms with E-state index in [9.17, 15) is 4.79 Å². The monoisotopic (exact) mass is 251 g/mol. The van der Waals surface area contributed by atoms with Crippen molar-refractivity contribution in [2.24, 2.45) is 5.11 Å². The average molecular weight is 251 g/mol. The lowest BCUT2D eigenvalue weighted by atomic mass is 10.2. The third-order valence-electron chi connectivity index (χ3n) is 1.95. The Balaban J connectivity index is 2.75. The summed E-state index contributed by atoms with van der Waals surface area (Å²) in [6.07, 6.45) is 0.709. The van der Waals surface area contributed by atoms with Gasteiger partial charge in [-0.25, -0.2) is 0 Å². The molecule has 0 atom stereocenters. The summed E-state index contributed by atoms with van der Waals surface area (Å²) in [6, 6.07) is 4.78. The fraction of sp³-hybridized carbons (Fsp3) is 0.364. The summed E-state index contributed by atoms with van der Waals surface area (Å²) in [5.74, 6) is 0.869. The first kappa shape index (κ1) is 13.8. The summed E-state index contributed by atoms with van der Waals surface area (Å²) in [7, 11) is 1.50. The maximum absolute atomic E-state index is 10.7. The van der Waals surface area contributed by atoms with E-state index in [-0.39, 0.29) is 19.9 Å². The summed E-state index contributed by atoms with van der Waals surface area (Å²) in [4.78, 5) is 13.3. The Morgan fingerprint density at radius 3 is 2.89 bits per heavy atom. The number of benzene rings is 1. The lowest BCUT2D eigenvalue weighted by Gasteiger charge is -2.11. The van der Waals surface area contributed by atoms with Gasteiger partial charge in [0.05, 0.1) is 13.2 Å². The summed E-state index contributed by atoms with van der Waals surface area (Å²) < 4.78 is 15.4. The van der Waals surface area contributed by atoms with Gasteiger partial charge in [-0.1, -0.05) is 5.11 Å². The predicted octanol–water partition coefficient (Wildman–Crippen LogP) is 2.17. The van der Waals surface area contributed by atoms with Crippen LogP contribution in [-0.2, 0) is 4.74 Å². The van der Waals surface area contributed by atoms with Gasteiger partial charge < -0.3 is 14.2 Å². The molecule has 0 aliphatic carbocycles. The molecule has 0 radical (unpaired) electrons. The number of rotatable bonds is 8. The number of carbonyl (C=O) groups is 1. The van der Waals surface area contributed by atoms with Crippen molar-refractivity contribution in [3.63, 3.8) is 0 Å². The van der Waals surface area contributed by atoms with Crippen molar-refractivity contribution in [1.82, 2.24) is 0 Å². The van der Waals surface area contributed by atoms with E-state index in [1.807, 2.05) is 0 Å². The second-order valence-corrected chi connectivity index (χ2v) is 3.18. The van der Waals surface area contributed by atoms with Crippen molar-refractivity contribution >= 4 is 6.29 Å². The maximum atomic E-state index is 10.7. The van der Waals surface area contributed by atoms with E-state index < -0.39 is 0 Å². The molecule has 96 valence electrons. The van der Waals surface area contributed by atoms with Crippen LogP contribution in [0.3, 0.4) is 0 Å². The van der Waals surface area contributed by atoms with Crippen LogP contribution in [0.15, 0.2) is 23.3 Å². The number of aldehydes is 1. The lowest BCUT2D eigenvalue weighted by Crippen LogP contribution is -2.05. The van der Waals surface area contributed by atoms with E-state index in [0.29, 0.717) is 23.3 Å². The first-order chi connectivity index (χ1) is 8.81. The Labute approximate surface area is 104 Å². The Morgan fingerprint density at radius 1 is 1.39 bits per heavy atom. The van der Waals surface area contributed by atoms with Crippen molar-refractivity contribution in [3.05, 3.63) is 34.2 Å². The van der Waals surface area contributed by atoms with Gasteiger partial charge in [-0.05, 0) is 23.7 Å². The molecule has 7 heteroatoms. The van der Waals surface area contributed by atoms with Crippen molar-refractivity contribution in [3.8, 4) is 11.5 Å². The molecule has 0 saturated heterocycles. The molecule has 0 spiro atoms. The second-order valence-electron chi connectivity index (χ2n) is 3.18. The molecule has 0 amide bonds. The Kier molecular flexibility index (Phi) is 6.10. The molecule has 0 fully saturated rings. The van der Waals surface area contributed by atoms with Crippen LogP contribution >= 0.6 is 0 Å². The van der Waals surface area contributed by atoms with Gasteiger partial charge in [0.2, 0.25) is 0 Å². The first-order valence-corrected chi connectivity index (χ1v) is 5.16. The van der Waals surface area contributed by atoms with E-state index in [4.69, 9.17) is 19.7 Å². The van der Waals surface area contributed by atoms with Crippen molar-refractivity contribution in [2.75, 3.05) is 27.1 Å². The summed E-state index contributed by atoms with van der Waals surface area (Å²) in [5.41, 5.74) is 8.60. The normalized spacial score (nSPS) is 9.39. The van der Waals surface area contributed by atoms with Crippen LogP contribution in [0.1, 0.15) is 10.4 Å². The number of methoxy groups -OCH3 is 1. The molecule has 0 unspecified atom stereocenters. The van der Waals surface area contributed by atoms with Gasteiger partial charge in [-0.3, -0.25) is 4.79 Å². The quantitative estimate of drug-likeness (QED) is 0.177. The fourth-order valence-electron chi connectivity index (χ4n) is 1.19. The molecular weight excluding hydrogens is 238 g/mol. The van der Waals surface area contributed by atoms with Crippen LogP contribution in [0.4, 0.5) is 0 Å². The molecule has 0 N–H and O–H groups in total. The maximum Gasteiger partial charge on any atom is 0.188 e. The molecule has 1 aromatic rings. The smallest absolute Gasteiger partial charge is 0.188 e. The first-order valence-electron chi connectivity index (χ1n) is 5.16. The van der Waals surface area contributed by atoms with Gasteiger partial charge in [0, 0.05) is 17.6 Å². The van der Waals surface area contributed by atoms with Gasteiger partial charge in [0.1, 0.15) is 6.29 Å².